The number of rotatable bonds is 4. The van der Waals surface area contributed by atoms with Crippen LogP contribution in [0.25, 0.3) is 0 Å². The van der Waals surface area contributed by atoms with Gasteiger partial charge in [-0.25, -0.2) is 0 Å². The molecule has 0 spiro atoms. The predicted octanol–water partition coefficient (Wildman–Crippen LogP) is 2.31. The summed E-state index contributed by atoms with van der Waals surface area (Å²) in [5.41, 5.74) is 0.937. The molecule has 15 heavy (non-hydrogen) atoms. The number of carbonyl (C=O) groups is 1. The molecule has 1 aromatic carbocycles. The maximum atomic E-state index is 11.3. The average Bonchev–Trinajstić information content (AvgIpc) is 2.30. The maximum absolute atomic E-state index is 11.3. The summed E-state index contributed by atoms with van der Waals surface area (Å²) in [6, 6.07) is 9.53. The van der Waals surface area contributed by atoms with E-state index in [4.69, 9.17) is 4.74 Å². The first-order valence-electron chi connectivity index (χ1n) is 4.50. The minimum Gasteiger partial charge on any atom is -0.468 e. The molecule has 0 saturated heterocycles. The Morgan fingerprint density at radius 1 is 1.27 bits per heavy atom. The molecule has 0 aliphatic rings. The Morgan fingerprint density at radius 2 is 1.87 bits per heavy atom. The predicted molar refractivity (Wildman–Crippen MR) is 60.9 cm³/mol. The van der Waals surface area contributed by atoms with Crippen molar-refractivity contribution in [1.82, 2.24) is 0 Å². The lowest BCUT2D eigenvalue weighted by atomic mass is 10.1. The molecule has 0 heterocycles. The van der Waals surface area contributed by atoms with Crippen LogP contribution in [0.5, 0.6) is 0 Å². The second-order valence-corrected chi connectivity index (χ2v) is 3.98. The molecule has 4 heteroatoms. The summed E-state index contributed by atoms with van der Waals surface area (Å²) < 4.78 is 9.92. The van der Waals surface area contributed by atoms with Gasteiger partial charge in [0.25, 0.3) is 0 Å². The lowest BCUT2D eigenvalue weighted by molar-refractivity contribution is -0.142. The number of ether oxygens (including phenoxy) is 2. The first kappa shape index (κ1) is 12.2. The number of hydrogen-bond acceptors (Lipinski definition) is 3. The van der Waals surface area contributed by atoms with Gasteiger partial charge >= 0.3 is 5.97 Å². The van der Waals surface area contributed by atoms with E-state index in [0.717, 1.165) is 5.56 Å². The van der Waals surface area contributed by atoms with Crippen molar-refractivity contribution >= 4 is 21.9 Å². The summed E-state index contributed by atoms with van der Waals surface area (Å²) in [6.07, 6.45) is -0.335. The van der Waals surface area contributed by atoms with Crippen molar-refractivity contribution in [3.05, 3.63) is 35.9 Å². The van der Waals surface area contributed by atoms with Crippen LogP contribution >= 0.6 is 15.9 Å². The zero-order valence-electron chi connectivity index (χ0n) is 8.64. The van der Waals surface area contributed by atoms with Crippen molar-refractivity contribution < 1.29 is 14.3 Å². The van der Waals surface area contributed by atoms with Crippen LogP contribution in [0, 0.1) is 0 Å². The summed E-state index contributed by atoms with van der Waals surface area (Å²) in [5.74, 6) is -0.342. The first-order chi connectivity index (χ1) is 7.20. The quantitative estimate of drug-likeness (QED) is 0.623. The second-order valence-electron chi connectivity index (χ2n) is 2.99. The van der Waals surface area contributed by atoms with Crippen LogP contribution in [-0.4, -0.2) is 25.0 Å². The second kappa shape index (κ2) is 5.88. The van der Waals surface area contributed by atoms with Crippen molar-refractivity contribution in [3.8, 4) is 0 Å². The third kappa shape index (κ3) is 3.04. The lowest BCUT2D eigenvalue weighted by Gasteiger charge is -2.19. The Morgan fingerprint density at radius 3 is 2.33 bits per heavy atom. The Kier molecular flexibility index (Phi) is 4.78. The van der Waals surface area contributed by atoms with Gasteiger partial charge in [0, 0.05) is 7.11 Å². The number of methoxy groups -OCH3 is 2. The average molecular weight is 273 g/mol. The smallest absolute Gasteiger partial charge is 0.322 e. The van der Waals surface area contributed by atoms with Crippen molar-refractivity contribution in [3.63, 3.8) is 0 Å². The summed E-state index contributed by atoms with van der Waals surface area (Å²) in [5, 5.41) is 0. The summed E-state index contributed by atoms with van der Waals surface area (Å²) >= 11 is 3.27. The van der Waals surface area contributed by atoms with E-state index in [-0.39, 0.29) is 12.1 Å². The highest BCUT2D eigenvalue weighted by atomic mass is 79.9. The summed E-state index contributed by atoms with van der Waals surface area (Å²) in [4.78, 5) is 10.8. The fourth-order valence-electron chi connectivity index (χ4n) is 1.30. The largest absolute Gasteiger partial charge is 0.468 e. The van der Waals surface area contributed by atoms with Gasteiger partial charge in [-0.05, 0) is 5.56 Å². The van der Waals surface area contributed by atoms with Gasteiger partial charge in [-0.2, -0.15) is 0 Å². The van der Waals surface area contributed by atoms with Gasteiger partial charge in [-0.3, -0.25) is 4.79 Å². The maximum Gasteiger partial charge on any atom is 0.322 e. The molecule has 0 aliphatic heterocycles. The molecule has 0 fully saturated rings. The number of alkyl halides is 1. The van der Waals surface area contributed by atoms with Crippen LogP contribution in [-0.2, 0) is 14.3 Å². The van der Waals surface area contributed by atoms with E-state index in [1.165, 1.54) is 7.11 Å². The Labute approximate surface area is 97.5 Å². The number of halogens is 1. The molecule has 1 aromatic rings. The molecule has 2 atom stereocenters. The molecule has 1 rings (SSSR count). The van der Waals surface area contributed by atoms with Crippen LogP contribution in [0.4, 0.5) is 0 Å². The van der Waals surface area contributed by atoms with Crippen molar-refractivity contribution in [1.29, 1.82) is 0 Å². The molecule has 0 aliphatic carbocycles. The normalized spacial score (nSPS) is 14.3. The SMILES string of the molecule is COC(=O)[C@@H](Br)[C@@H](OC)c1ccccc1. The van der Waals surface area contributed by atoms with E-state index >= 15 is 0 Å². The van der Waals surface area contributed by atoms with Gasteiger partial charge in [-0.15, -0.1) is 0 Å². The molecular weight excluding hydrogens is 260 g/mol. The molecule has 0 N–H and O–H groups in total. The highest BCUT2D eigenvalue weighted by molar-refractivity contribution is 9.10. The van der Waals surface area contributed by atoms with Gasteiger partial charge in [0.05, 0.1) is 7.11 Å². The van der Waals surface area contributed by atoms with Crippen LogP contribution in [0.15, 0.2) is 30.3 Å². The number of carbonyl (C=O) groups excluding carboxylic acids is 1. The van der Waals surface area contributed by atoms with Gasteiger partial charge in [0.15, 0.2) is 0 Å². The third-order valence-electron chi connectivity index (χ3n) is 2.07. The van der Waals surface area contributed by atoms with Gasteiger partial charge < -0.3 is 9.47 Å². The fraction of sp³-hybridized carbons (Fsp3) is 0.364. The molecular formula is C11H13BrO3. The Hall–Kier alpha value is -0.870. The molecule has 0 bridgehead atoms. The van der Waals surface area contributed by atoms with Crippen molar-refractivity contribution in [2.24, 2.45) is 0 Å². The molecule has 0 amide bonds. The van der Waals surface area contributed by atoms with Crippen LogP contribution in [0.3, 0.4) is 0 Å². The minimum atomic E-state index is -0.491. The van der Waals surface area contributed by atoms with E-state index in [1.54, 1.807) is 7.11 Å². The zero-order chi connectivity index (χ0) is 11.3. The lowest BCUT2D eigenvalue weighted by Crippen LogP contribution is -2.24. The van der Waals surface area contributed by atoms with Crippen LogP contribution < -0.4 is 0 Å². The Balaban J connectivity index is 2.85. The van der Waals surface area contributed by atoms with Gasteiger partial charge in [0.1, 0.15) is 10.9 Å². The highest BCUT2D eigenvalue weighted by Crippen LogP contribution is 2.26. The van der Waals surface area contributed by atoms with Gasteiger partial charge in [-0.1, -0.05) is 46.3 Å². The van der Waals surface area contributed by atoms with E-state index < -0.39 is 4.83 Å². The third-order valence-corrected chi connectivity index (χ3v) is 2.93. The van der Waals surface area contributed by atoms with Crippen LogP contribution in [0.1, 0.15) is 11.7 Å². The number of benzene rings is 1. The minimum absolute atomic E-state index is 0.335. The summed E-state index contributed by atoms with van der Waals surface area (Å²) in [6.45, 7) is 0. The molecule has 0 saturated carbocycles. The molecule has 82 valence electrons. The van der Waals surface area contributed by atoms with E-state index in [9.17, 15) is 4.79 Å². The Bertz CT molecular complexity index is 313. The standard InChI is InChI=1S/C11H13BrO3/c1-14-10(9(12)11(13)15-2)8-6-4-3-5-7-8/h3-7,9-10H,1-2H3/t9-,10-/m0/s1. The summed E-state index contributed by atoms with van der Waals surface area (Å²) in [7, 11) is 2.92. The number of esters is 1. The highest BCUT2D eigenvalue weighted by Gasteiger charge is 2.27. The van der Waals surface area contributed by atoms with Crippen molar-refractivity contribution in [2.45, 2.75) is 10.9 Å². The topological polar surface area (TPSA) is 35.5 Å². The molecule has 3 nitrogen and oxygen atoms in total. The first-order valence-corrected chi connectivity index (χ1v) is 5.42. The molecule has 0 radical (unpaired) electrons. The fourth-order valence-corrected chi connectivity index (χ4v) is 2.01. The van der Waals surface area contributed by atoms with E-state index in [1.807, 2.05) is 30.3 Å². The van der Waals surface area contributed by atoms with Gasteiger partial charge in [0.2, 0.25) is 0 Å². The molecule has 0 unspecified atom stereocenters. The van der Waals surface area contributed by atoms with E-state index in [2.05, 4.69) is 20.7 Å². The van der Waals surface area contributed by atoms with Crippen LogP contribution in [0.2, 0.25) is 0 Å². The monoisotopic (exact) mass is 272 g/mol. The van der Waals surface area contributed by atoms with E-state index in [0.29, 0.717) is 0 Å². The molecule has 0 aromatic heterocycles. The van der Waals surface area contributed by atoms with Crippen molar-refractivity contribution in [2.75, 3.05) is 14.2 Å². The zero-order valence-corrected chi connectivity index (χ0v) is 10.2. The number of hydrogen-bond donors (Lipinski definition) is 0.